The second kappa shape index (κ2) is 9.93. The van der Waals surface area contributed by atoms with E-state index in [2.05, 4.69) is 4.98 Å². The normalized spacial score (nSPS) is 10.6. The maximum absolute atomic E-state index is 14.5. The third-order valence-electron chi connectivity index (χ3n) is 4.62. The second-order valence-electron chi connectivity index (χ2n) is 7.32. The number of carbonyl (C=O) groups is 1. The Morgan fingerprint density at radius 3 is 2.71 bits per heavy atom. The van der Waals surface area contributed by atoms with E-state index in [0.29, 0.717) is 35.0 Å². The molecule has 1 aromatic heterocycles. The van der Waals surface area contributed by atoms with Gasteiger partial charge < -0.3 is 14.6 Å². The molecule has 0 spiro atoms. The molecule has 0 amide bonds. The molecule has 0 aliphatic heterocycles. The molecular weight excluding hydrogens is 399 g/mol. The first-order valence-electron chi connectivity index (χ1n) is 9.86. The van der Waals surface area contributed by atoms with Gasteiger partial charge in [-0.25, -0.2) is 9.37 Å². The molecule has 1 N–H and O–H groups in total. The summed E-state index contributed by atoms with van der Waals surface area (Å²) in [7, 11) is 1.53. The van der Waals surface area contributed by atoms with Crippen LogP contribution in [0.2, 0.25) is 0 Å². The van der Waals surface area contributed by atoms with Gasteiger partial charge in [0.15, 0.2) is 0 Å². The third-order valence-corrected chi connectivity index (χ3v) is 4.62. The third kappa shape index (κ3) is 5.72. The Labute approximate surface area is 180 Å². The first-order valence-corrected chi connectivity index (χ1v) is 9.86. The van der Waals surface area contributed by atoms with Crippen molar-refractivity contribution in [3.63, 3.8) is 0 Å². The molecule has 0 atom stereocenters. The molecule has 0 radical (unpaired) electrons. The Kier molecular flexibility index (Phi) is 7.07. The second-order valence-corrected chi connectivity index (χ2v) is 7.32. The Bertz CT molecular complexity index is 1100. The number of carboxylic acid groups (broad SMARTS) is 1. The number of methoxy groups -OCH3 is 1. The molecule has 0 fully saturated rings. The summed E-state index contributed by atoms with van der Waals surface area (Å²) in [6.45, 7) is 4.09. The van der Waals surface area contributed by atoms with Crippen LogP contribution in [-0.2, 0) is 17.8 Å². The minimum Gasteiger partial charge on any atom is -0.497 e. The van der Waals surface area contributed by atoms with Gasteiger partial charge in [0, 0.05) is 12.5 Å². The monoisotopic (exact) mass is 424 g/mol. The highest BCUT2D eigenvalue weighted by Crippen LogP contribution is 2.25. The molecule has 3 rings (SSSR count). The summed E-state index contributed by atoms with van der Waals surface area (Å²) < 4.78 is 27.4. The van der Waals surface area contributed by atoms with Crippen molar-refractivity contribution in [2.75, 3.05) is 7.11 Å². The number of hydrogen-bond donors (Lipinski definition) is 1. The lowest BCUT2D eigenvalue weighted by Crippen LogP contribution is -2.03. The standard InChI is InChI=1S/C24H25FN2O4/c1-16(2)11-23-21(14-31-19-6-4-5-17(12-19)7-10-24(28)29)26-15-27(23)22-13-18(30-3)8-9-20(22)25/h4-6,8-9,11-13,15H,7,10,14H2,1-3H3,(H,28,29). The molecule has 0 saturated heterocycles. The zero-order valence-corrected chi connectivity index (χ0v) is 17.8. The lowest BCUT2D eigenvalue weighted by atomic mass is 10.1. The van der Waals surface area contributed by atoms with Crippen LogP contribution >= 0.6 is 0 Å². The Balaban J connectivity index is 1.87. The molecule has 6 nitrogen and oxygen atoms in total. The van der Waals surface area contributed by atoms with E-state index in [1.54, 1.807) is 23.0 Å². The van der Waals surface area contributed by atoms with E-state index in [9.17, 15) is 9.18 Å². The summed E-state index contributed by atoms with van der Waals surface area (Å²) in [4.78, 5) is 15.2. The van der Waals surface area contributed by atoms with Crippen molar-refractivity contribution in [2.24, 2.45) is 0 Å². The molecule has 31 heavy (non-hydrogen) atoms. The van der Waals surface area contributed by atoms with Crippen molar-refractivity contribution in [2.45, 2.75) is 33.3 Å². The van der Waals surface area contributed by atoms with Gasteiger partial charge in [-0.2, -0.15) is 0 Å². The quantitative estimate of drug-likeness (QED) is 0.521. The topological polar surface area (TPSA) is 73.6 Å². The number of ether oxygens (including phenoxy) is 2. The van der Waals surface area contributed by atoms with Gasteiger partial charge in [0.05, 0.1) is 18.5 Å². The van der Waals surface area contributed by atoms with Crippen LogP contribution in [0.4, 0.5) is 4.39 Å². The molecule has 0 bridgehead atoms. The van der Waals surface area contributed by atoms with Crippen molar-refractivity contribution < 1.29 is 23.8 Å². The summed E-state index contributed by atoms with van der Waals surface area (Å²) in [6, 6.07) is 11.9. The van der Waals surface area contributed by atoms with Crippen LogP contribution in [0.25, 0.3) is 11.8 Å². The first kappa shape index (κ1) is 22.1. The number of aliphatic carboxylic acids is 1. The van der Waals surface area contributed by atoms with Gasteiger partial charge in [-0.15, -0.1) is 0 Å². The molecule has 0 saturated carbocycles. The predicted octanol–water partition coefficient (Wildman–Crippen LogP) is 5.04. The maximum atomic E-state index is 14.5. The Morgan fingerprint density at radius 2 is 2.00 bits per heavy atom. The average molecular weight is 424 g/mol. The number of benzene rings is 2. The molecule has 0 aliphatic rings. The fraction of sp³-hybridized carbons (Fsp3) is 0.250. The van der Waals surface area contributed by atoms with Crippen LogP contribution in [0, 0.1) is 5.82 Å². The number of nitrogens with zero attached hydrogens (tertiary/aromatic N) is 2. The summed E-state index contributed by atoms with van der Waals surface area (Å²) in [5.74, 6) is -0.0643. The smallest absolute Gasteiger partial charge is 0.303 e. The van der Waals surface area contributed by atoms with Gasteiger partial charge in [-0.05, 0) is 56.2 Å². The van der Waals surface area contributed by atoms with Crippen molar-refractivity contribution in [3.05, 3.63) is 77.1 Å². The molecular formula is C24H25FN2O4. The van der Waals surface area contributed by atoms with Gasteiger partial charge in [-0.1, -0.05) is 17.7 Å². The highest BCUT2D eigenvalue weighted by molar-refractivity contribution is 5.67. The minimum atomic E-state index is -0.840. The first-order chi connectivity index (χ1) is 14.9. The number of imidazole rings is 1. The van der Waals surface area contributed by atoms with E-state index in [1.807, 2.05) is 44.2 Å². The number of allylic oxidation sites excluding steroid dienone is 1. The highest BCUT2D eigenvalue weighted by Gasteiger charge is 2.15. The number of carboxylic acids is 1. The maximum Gasteiger partial charge on any atom is 0.303 e. The van der Waals surface area contributed by atoms with Crippen molar-refractivity contribution >= 4 is 12.0 Å². The van der Waals surface area contributed by atoms with Crippen LogP contribution in [0.15, 0.2) is 54.4 Å². The molecule has 0 unspecified atom stereocenters. The van der Waals surface area contributed by atoms with Crippen LogP contribution in [-0.4, -0.2) is 27.7 Å². The van der Waals surface area contributed by atoms with Gasteiger partial charge in [0.2, 0.25) is 0 Å². The fourth-order valence-electron chi connectivity index (χ4n) is 3.12. The summed E-state index contributed by atoms with van der Waals surface area (Å²) in [5, 5.41) is 8.87. The average Bonchev–Trinajstić information content (AvgIpc) is 3.13. The number of halogens is 1. The minimum absolute atomic E-state index is 0.0602. The SMILES string of the molecule is COc1ccc(F)c(-n2cnc(COc3cccc(CCC(=O)O)c3)c2C=C(C)C)c1. The Hall–Kier alpha value is -3.61. The van der Waals surface area contributed by atoms with Crippen molar-refractivity contribution in [3.8, 4) is 17.2 Å². The Morgan fingerprint density at radius 1 is 1.19 bits per heavy atom. The molecule has 2 aromatic carbocycles. The van der Waals surface area contributed by atoms with Crippen molar-refractivity contribution in [1.82, 2.24) is 9.55 Å². The zero-order valence-electron chi connectivity index (χ0n) is 17.8. The predicted molar refractivity (Wildman–Crippen MR) is 116 cm³/mol. The zero-order chi connectivity index (χ0) is 22.4. The van der Waals surface area contributed by atoms with E-state index in [-0.39, 0.29) is 18.8 Å². The molecule has 0 aliphatic carbocycles. The van der Waals surface area contributed by atoms with Gasteiger partial charge >= 0.3 is 5.97 Å². The number of rotatable bonds is 9. The number of aromatic nitrogens is 2. The van der Waals surface area contributed by atoms with Gasteiger partial charge in [0.25, 0.3) is 0 Å². The van der Waals surface area contributed by atoms with Gasteiger partial charge in [-0.3, -0.25) is 9.36 Å². The lowest BCUT2D eigenvalue weighted by molar-refractivity contribution is -0.136. The molecule has 3 aromatic rings. The molecule has 162 valence electrons. The van der Waals surface area contributed by atoms with Crippen LogP contribution in [0.1, 0.15) is 37.2 Å². The summed E-state index contributed by atoms with van der Waals surface area (Å²) in [5.41, 5.74) is 3.62. The number of hydrogen-bond acceptors (Lipinski definition) is 4. The van der Waals surface area contributed by atoms with E-state index in [0.717, 1.165) is 11.1 Å². The summed E-state index contributed by atoms with van der Waals surface area (Å²) in [6.07, 6.45) is 3.98. The largest absolute Gasteiger partial charge is 0.497 e. The molecule has 1 heterocycles. The highest BCUT2D eigenvalue weighted by atomic mass is 19.1. The van der Waals surface area contributed by atoms with E-state index in [1.165, 1.54) is 13.2 Å². The number of aryl methyl sites for hydroxylation is 1. The van der Waals surface area contributed by atoms with Crippen LogP contribution in [0.3, 0.4) is 0 Å². The van der Waals surface area contributed by atoms with E-state index < -0.39 is 5.97 Å². The van der Waals surface area contributed by atoms with Crippen LogP contribution < -0.4 is 9.47 Å². The van der Waals surface area contributed by atoms with E-state index >= 15 is 0 Å². The lowest BCUT2D eigenvalue weighted by Gasteiger charge is -2.11. The fourth-order valence-corrected chi connectivity index (χ4v) is 3.12. The molecule has 7 heteroatoms. The van der Waals surface area contributed by atoms with Crippen LogP contribution in [0.5, 0.6) is 11.5 Å². The van der Waals surface area contributed by atoms with Crippen molar-refractivity contribution in [1.29, 1.82) is 0 Å². The van der Waals surface area contributed by atoms with Gasteiger partial charge in [0.1, 0.15) is 35.9 Å². The summed E-state index contributed by atoms with van der Waals surface area (Å²) >= 11 is 0. The van der Waals surface area contributed by atoms with E-state index in [4.69, 9.17) is 14.6 Å².